The Hall–Kier alpha value is -2.64. The van der Waals surface area contributed by atoms with Crippen molar-refractivity contribution in [3.8, 4) is 0 Å². The molecule has 3 aromatic rings. The number of amides is 2. The van der Waals surface area contributed by atoms with Gasteiger partial charge in [0, 0.05) is 28.7 Å². The molecule has 4 rings (SSSR count). The number of nitrogens with one attached hydrogen (secondary N) is 2. The molecule has 8 heteroatoms. The van der Waals surface area contributed by atoms with E-state index in [-0.39, 0.29) is 23.9 Å². The number of nitrogens with zero attached hydrogens (tertiary/aromatic N) is 2. The zero-order chi connectivity index (χ0) is 22.7. The number of carbonyl (C=O) groups excluding carboxylic acids is 2. The van der Waals surface area contributed by atoms with Gasteiger partial charge in [-0.1, -0.05) is 51.8 Å². The molecule has 0 saturated heterocycles. The highest BCUT2D eigenvalue weighted by molar-refractivity contribution is 9.10. The van der Waals surface area contributed by atoms with Crippen molar-refractivity contribution in [1.29, 1.82) is 0 Å². The number of imidazole rings is 1. The van der Waals surface area contributed by atoms with Gasteiger partial charge in [0.2, 0.25) is 5.91 Å². The summed E-state index contributed by atoms with van der Waals surface area (Å²) in [6.45, 7) is 2.73. The van der Waals surface area contributed by atoms with Crippen LogP contribution >= 0.6 is 27.5 Å². The van der Waals surface area contributed by atoms with Crippen LogP contribution in [-0.4, -0.2) is 27.4 Å². The molecule has 1 aliphatic carbocycles. The normalized spacial score (nSPS) is 17.1. The minimum atomic E-state index is -0.316. The van der Waals surface area contributed by atoms with Gasteiger partial charge in [-0.15, -0.1) is 0 Å². The molecule has 1 aromatic heterocycles. The summed E-state index contributed by atoms with van der Waals surface area (Å²) in [6, 6.07) is 13.0. The van der Waals surface area contributed by atoms with E-state index >= 15 is 0 Å². The van der Waals surface area contributed by atoms with E-state index in [2.05, 4.69) is 31.5 Å². The molecular weight excluding hydrogens is 492 g/mol. The summed E-state index contributed by atoms with van der Waals surface area (Å²) in [5.74, 6) is -0.326. The molecule has 32 heavy (non-hydrogen) atoms. The highest BCUT2D eigenvalue weighted by Crippen LogP contribution is 2.32. The molecule has 6 nitrogen and oxygen atoms in total. The first-order valence-electron chi connectivity index (χ1n) is 10.6. The standard InChI is InChI=1S/C24H24BrClN4O2/c1-2-30-13-21(27-14-30)24(32)29-23-18-6-4-3-5-15(18)12-20(23)28-22(31)10-7-16-11-17(25)8-9-19(16)26/h3-6,8-9,11,13-14,20,23H,2,7,10,12H2,1H3,(H,28,31)(H,29,32)/t20-,23-/m1/s1. The summed E-state index contributed by atoms with van der Waals surface area (Å²) < 4.78 is 2.78. The van der Waals surface area contributed by atoms with Crippen LogP contribution in [0.3, 0.4) is 0 Å². The van der Waals surface area contributed by atoms with Gasteiger partial charge in [0.15, 0.2) is 0 Å². The number of aryl methyl sites for hydroxylation is 2. The van der Waals surface area contributed by atoms with Crippen molar-refractivity contribution in [1.82, 2.24) is 20.2 Å². The molecule has 1 aliphatic rings. The van der Waals surface area contributed by atoms with E-state index in [1.54, 1.807) is 12.5 Å². The lowest BCUT2D eigenvalue weighted by molar-refractivity contribution is -0.121. The summed E-state index contributed by atoms with van der Waals surface area (Å²) >= 11 is 9.69. The average molecular weight is 516 g/mol. The first kappa shape index (κ1) is 22.6. The van der Waals surface area contributed by atoms with Crippen molar-refractivity contribution >= 4 is 39.3 Å². The number of carbonyl (C=O) groups is 2. The maximum Gasteiger partial charge on any atom is 0.272 e. The fourth-order valence-corrected chi connectivity index (χ4v) is 4.66. The van der Waals surface area contributed by atoms with Gasteiger partial charge in [0.25, 0.3) is 5.91 Å². The van der Waals surface area contributed by atoms with Crippen molar-refractivity contribution in [3.63, 3.8) is 0 Å². The highest BCUT2D eigenvalue weighted by Gasteiger charge is 2.34. The van der Waals surface area contributed by atoms with E-state index in [9.17, 15) is 9.59 Å². The number of halogens is 2. The molecular formula is C24H24BrClN4O2. The van der Waals surface area contributed by atoms with Gasteiger partial charge in [-0.25, -0.2) is 4.98 Å². The molecule has 0 radical (unpaired) electrons. The molecule has 166 valence electrons. The molecule has 2 atom stereocenters. The van der Waals surface area contributed by atoms with Crippen LogP contribution in [-0.2, 0) is 24.2 Å². The molecule has 0 unspecified atom stereocenters. The van der Waals surface area contributed by atoms with Gasteiger partial charge in [0.05, 0.1) is 18.4 Å². The smallest absolute Gasteiger partial charge is 0.272 e. The Kier molecular flexibility index (Phi) is 6.96. The highest BCUT2D eigenvalue weighted by atomic mass is 79.9. The van der Waals surface area contributed by atoms with Gasteiger partial charge < -0.3 is 15.2 Å². The summed E-state index contributed by atoms with van der Waals surface area (Å²) in [4.78, 5) is 29.8. The Morgan fingerprint density at radius 2 is 2.03 bits per heavy atom. The van der Waals surface area contributed by atoms with Crippen LogP contribution < -0.4 is 10.6 Å². The maximum atomic E-state index is 12.8. The van der Waals surface area contributed by atoms with E-state index in [4.69, 9.17) is 11.6 Å². The van der Waals surface area contributed by atoms with E-state index in [0.717, 1.165) is 27.7 Å². The molecule has 2 N–H and O–H groups in total. The van der Waals surface area contributed by atoms with Crippen LogP contribution in [0.4, 0.5) is 0 Å². The lowest BCUT2D eigenvalue weighted by Crippen LogP contribution is -2.44. The minimum absolute atomic E-state index is 0.0756. The lowest BCUT2D eigenvalue weighted by Gasteiger charge is -2.23. The van der Waals surface area contributed by atoms with Crippen molar-refractivity contribution in [2.24, 2.45) is 0 Å². The Bertz CT molecular complexity index is 1150. The molecule has 2 aromatic carbocycles. The Balaban J connectivity index is 1.45. The van der Waals surface area contributed by atoms with Gasteiger partial charge in [-0.2, -0.15) is 0 Å². The van der Waals surface area contributed by atoms with E-state index in [1.165, 1.54) is 0 Å². The van der Waals surface area contributed by atoms with Gasteiger partial charge in [0.1, 0.15) is 5.69 Å². The summed E-state index contributed by atoms with van der Waals surface area (Å²) in [5, 5.41) is 6.84. The number of hydrogen-bond donors (Lipinski definition) is 2. The molecule has 0 spiro atoms. The van der Waals surface area contributed by atoms with Gasteiger partial charge in [-0.3, -0.25) is 9.59 Å². The number of fused-ring (bicyclic) bond motifs is 1. The second-order valence-corrected chi connectivity index (χ2v) is 9.18. The number of benzene rings is 2. The Labute approximate surface area is 200 Å². The zero-order valence-corrected chi connectivity index (χ0v) is 20.0. The quantitative estimate of drug-likeness (QED) is 0.488. The number of aromatic nitrogens is 2. The summed E-state index contributed by atoms with van der Waals surface area (Å²) in [7, 11) is 0. The van der Waals surface area contributed by atoms with E-state index in [1.807, 2.05) is 54.0 Å². The number of hydrogen-bond acceptors (Lipinski definition) is 3. The molecule has 2 amide bonds. The maximum absolute atomic E-state index is 12.8. The van der Waals surface area contributed by atoms with E-state index in [0.29, 0.717) is 30.0 Å². The molecule has 1 heterocycles. The van der Waals surface area contributed by atoms with E-state index < -0.39 is 0 Å². The third kappa shape index (κ3) is 5.05. The third-order valence-corrected chi connectivity index (χ3v) is 6.59. The molecule has 0 fully saturated rings. The van der Waals surface area contributed by atoms with Crippen LogP contribution in [0.1, 0.15) is 46.6 Å². The molecule has 0 saturated carbocycles. The Morgan fingerprint density at radius 3 is 2.81 bits per heavy atom. The predicted octanol–water partition coefficient (Wildman–Crippen LogP) is 4.46. The van der Waals surface area contributed by atoms with Gasteiger partial charge >= 0.3 is 0 Å². The summed E-state index contributed by atoms with van der Waals surface area (Å²) in [5.41, 5.74) is 3.43. The van der Waals surface area contributed by atoms with Crippen molar-refractivity contribution in [2.75, 3.05) is 0 Å². The van der Waals surface area contributed by atoms with Crippen molar-refractivity contribution < 1.29 is 9.59 Å². The molecule has 0 aliphatic heterocycles. The zero-order valence-electron chi connectivity index (χ0n) is 17.6. The largest absolute Gasteiger partial charge is 0.351 e. The van der Waals surface area contributed by atoms with Crippen LogP contribution in [0.15, 0.2) is 59.5 Å². The SMILES string of the molecule is CCn1cnc(C(=O)N[C@@H]2c3ccccc3C[C@H]2NC(=O)CCc2cc(Br)ccc2Cl)c1. The lowest BCUT2D eigenvalue weighted by atomic mass is 10.1. The first-order valence-corrected chi connectivity index (χ1v) is 11.8. The molecule has 0 bridgehead atoms. The summed E-state index contributed by atoms with van der Waals surface area (Å²) in [6.07, 6.45) is 4.88. The second kappa shape index (κ2) is 9.88. The average Bonchev–Trinajstić information content (AvgIpc) is 3.40. The van der Waals surface area contributed by atoms with Crippen molar-refractivity contribution in [3.05, 3.63) is 86.9 Å². The fourth-order valence-electron chi connectivity index (χ4n) is 4.04. The topological polar surface area (TPSA) is 76.0 Å². The van der Waals surface area contributed by atoms with Crippen LogP contribution in [0.2, 0.25) is 5.02 Å². The number of rotatable bonds is 7. The van der Waals surface area contributed by atoms with Gasteiger partial charge in [-0.05, 0) is 54.7 Å². The third-order valence-electron chi connectivity index (χ3n) is 5.73. The first-order chi connectivity index (χ1) is 15.4. The van der Waals surface area contributed by atoms with Crippen molar-refractivity contribution in [2.45, 2.75) is 44.8 Å². The van der Waals surface area contributed by atoms with Crippen LogP contribution in [0.25, 0.3) is 0 Å². The van der Waals surface area contributed by atoms with Crippen LogP contribution in [0.5, 0.6) is 0 Å². The monoisotopic (exact) mass is 514 g/mol. The predicted molar refractivity (Wildman–Crippen MR) is 128 cm³/mol. The fraction of sp³-hybridized carbons (Fsp3) is 0.292. The second-order valence-electron chi connectivity index (χ2n) is 7.85. The Morgan fingerprint density at radius 1 is 1.22 bits per heavy atom. The minimum Gasteiger partial charge on any atom is -0.351 e. The van der Waals surface area contributed by atoms with Crippen LogP contribution in [0, 0.1) is 0 Å².